The second-order valence-electron chi connectivity index (χ2n) is 4.32. The summed E-state index contributed by atoms with van der Waals surface area (Å²) in [6.07, 6.45) is 0. The lowest BCUT2D eigenvalue weighted by Gasteiger charge is -2.17. The van der Waals surface area contributed by atoms with Crippen molar-refractivity contribution in [3.63, 3.8) is 0 Å². The molecule has 0 radical (unpaired) electrons. The van der Waals surface area contributed by atoms with Crippen molar-refractivity contribution >= 4 is 40.8 Å². The van der Waals surface area contributed by atoms with Crippen LogP contribution in [-0.2, 0) is 0 Å². The lowest BCUT2D eigenvalue weighted by atomic mass is 9.37. The van der Waals surface area contributed by atoms with Crippen LogP contribution in [0.1, 0.15) is 6.92 Å². The quantitative estimate of drug-likeness (QED) is 0.749. The van der Waals surface area contributed by atoms with E-state index in [1.807, 2.05) is 55.5 Å². The zero-order valence-electron chi connectivity index (χ0n) is 10.2. The molecule has 3 heteroatoms. The number of rotatable bonds is 3. The predicted octanol–water partition coefficient (Wildman–Crippen LogP) is 3.72. The molecule has 2 aromatic carbocycles. The van der Waals surface area contributed by atoms with E-state index < -0.39 is 0 Å². The topological polar surface area (TPSA) is 0 Å². The van der Waals surface area contributed by atoms with Gasteiger partial charge in [-0.1, -0.05) is 77.4 Å². The molecule has 0 spiro atoms. The zero-order chi connectivity index (χ0) is 13.1. The van der Waals surface area contributed by atoms with Gasteiger partial charge in [0, 0.05) is 10.0 Å². The SMILES string of the molecule is C=C(C)B(c1ccccc1Cl)c1ccccc1Cl. The largest absolute Gasteiger partial charge is 0.240 e. The zero-order valence-corrected chi connectivity index (χ0v) is 11.7. The Bertz CT molecular complexity index is 533. The Morgan fingerprint density at radius 2 is 1.28 bits per heavy atom. The lowest BCUT2D eigenvalue weighted by Crippen LogP contribution is -2.44. The summed E-state index contributed by atoms with van der Waals surface area (Å²) in [5, 5.41) is 1.48. The monoisotopic (exact) mass is 274 g/mol. The number of hydrogen-bond acceptors (Lipinski definition) is 0. The third-order valence-electron chi connectivity index (χ3n) is 2.93. The Morgan fingerprint density at radius 3 is 1.61 bits per heavy atom. The van der Waals surface area contributed by atoms with Crippen molar-refractivity contribution in [2.24, 2.45) is 0 Å². The van der Waals surface area contributed by atoms with Gasteiger partial charge in [0.15, 0.2) is 0 Å². The molecule has 0 atom stereocenters. The number of allylic oxidation sites excluding steroid dienone is 1. The van der Waals surface area contributed by atoms with Crippen LogP contribution in [0.15, 0.2) is 60.6 Å². The Balaban J connectivity index is 2.58. The molecule has 0 bridgehead atoms. The molecule has 0 heterocycles. The summed E-state index contributed by atoms with van der Waals surface area (Å²) < 4.78 is 0. The lowest BCUT2D eigenvalue weighted by molar-refractivity contribution is 1.64. The molecule has 0 saturated heterocycles. The first-order valence-electron chi connectivity index (χ1n) is 5.75. The smallest absolute Gasteiger partial charge is 0.108 e. The van der Waals surface area contributed by atoms with E-state index in [2.05, 4.69) is 6.58 Å². The van der Waals surface area contributed by atoms with Crippen LogP contribution in [-0.4, -0.2) is 6.71 Å². The maximum atomic E-state index is 6.28. The highest BCUT2D eigenvalue weighted by atomic mass is 35.5. The van der Waals surface area contributed by atoms with E-state index in [-0.39, 0.29) is 6.71 Å². The maximum absolute atomic E-state index is 6.28. The molecule has 0 aromatic heterocycles. The average Bonchev–Trinajstić information content (AvgIpc) is 2.34. The first kappa shape index (κ1) is 13.3. The molecule has 0 amide bonds. The molecule has 0 aliphatic heterocycles. The van der Waals surface area contributed by atoms with E-state index in [1.54, 1.807) is 0 Å². The van der Waals surface area contributed by atoms with Crippen LogP contribution in [0.4, 0.5) is 0 Å². The van der Waals surface area contributed by atoms with Gasteiger partial charge in [0.1, 0.15) is 0 Å². The number of halogens is 2. The number of benzene rings is 2. The molecule has 0 N–H and O–H groups in total. The van der Waals surface area contributed by atoms with Crippen molar-refractivity contribution in [1.29, 1.82) is 0 Å². The minimum atomic E-state index is 0.0346. The first-order valence-corrected chi connectivity index (χ1v) is 6.51. The highest BCUT2D eigenvalue weighted by molar-refractivity contribution is 6.93. The molecule has 0 saturated carbocycles. The first-order chi connectivity index (χ1) is 8.61. The Hall–Kier alpha value is -1.18. The molecular weight excluding hydrogens is 262 g/mol. The molecule has 2 rings (SSSR count). The van der Waals surface area contributed by atoms with Crippen LogP contribution >= 0.6 is 23.2 Å². The summed E-state index contributed by atoms with van der Waals surface area (Å²) in [4.78, 5) is 0. The summed E-state index contributed by atoms with van der Waals surface area (Å²) in [5.41, 5.74) is 3.11. The molecule has 2 aromatic rings. The fourth-order valence-corrected chi connectivity index (χ4v) is 2.61. The molecular formula is C15H13BCl2. The van der Waals surface area contributed by atoms with Gasteiger partial charge in [0.05, 0.1) is 0 Å². The van der Waals surface area contributed by atoms with Gasteiger partial charge in [-0.15, -0.1) is 12.1 Å². The fourth-order valence-electron chi connectivity index (χ4n) is 2.12. The Kier molecular flexibility index (Phi) is 4.16. The van der Waals surface area contributed by atoms with Crippen molar-refractivity contribution in [1.82, 2.24) is 0 Å². The van der Waals surface area contributed by atoms with Crippen LogP contribution in [0.5, 0.6) is 0 Å². The van der Waals surface area contributed by atoms with E-state index >= 15 is 0 Å². The van der Waals surface area contributed by atoms with E-state index in [4.69, 9.17) is 23.2 Å². The Labute approximate surface area is 118 Å². The van der Waals surface area contributed by atoms with Gasteiger partial charge in [-0.25, -0.2) is 0 Å². The predicted molar refractivity (Wildman–Crippen MR) is 82.7 cm³/mol. The van der Waals surface area contributed by atoms with Crippen molar-refractivity contribution in [2.45, 2.75) is 6.92 Å². The highest BCUT2D eigenvalue weighted by Crippen LogP contribution is 2.13. The molecule has 18 heavy (non-hydrogen) atoms. The van der Waals surface area contributed by atoms with Crippen molar-refractivity contribution in [2.75, 3.05) is 0 Å². The molecule has 0 fully saturated rings. The summed E-state index contributed by atoms with van der Waals surface area (Å²) in [5.74, 6) is 0. The number of hydrogen-bond donors (Lipinski definition) is 0. The standard InChI is InChI=1S/C15H13BCl2/c1-11(2)16(12-7-3-5-9-14(12)17)13-8-4-6-10-15(13)18/h3-10H,1H2,2H3. The van der Waals surface area contributed by atoms with E-state index in [0.717, 1.165) is 26.4 Å². The van der Waals surface area contributed by atoms with E-state index in [0.29, 0.717) is 0 Å². The average molecular weight is 275 g/mol. The van der Waals surface area contributed by atoms with Crippen LogP contribution in [0.25, 0.3) is 0 Å². The van der Waals surface area contributed by atoms with Gasteiger partial charge < -0.3 is 0 Å². The third-order valence-corrected chi connectivity index (χ3v) is 3.61. The van der Waals surface area contributed by atoms with Crippen LogP contribution in [0.2, 0.25) is 10.0 Å². The van der Waals surface area contributed by atoms with Crippen molar-refractivity contribution in [3.8, 4) is 0 Å². The van der Waals surface area contributed by atoms with Crippen molar-refractivity contribution < 1.29 is 0 Å². The minimum absolute atomic E-state index is 0.0346. The van der Waals surface area contributed by atoms with Gasteiger partial charge in [-0.05, 0) is 12.1 Å². The van der Waals surface area contributed by atoms with Crippen LogP contribution in [0.3, 0.4) is 0 Å². The van der Waals surface area contributed by atoms with Gasteiger partial charge in [-0.3, -0.25) is 0 Å². The maximum Gasteiger partial charge on any atom is 0.240 e. The van der Waals surface area contributed by atoms with Gasteiger partial charge in [0.2, 0.25) is 6.71 Å². The van der Waals surface area contributed by atoms with Gasteiger partial charge >= 0.3 is 0 Å². The third kappa shape index (κ3) is 2.63. The van der Waals surface area contributed by atoms with Gasteiger partial charge in [-0.2, -0.15) is 0 Å². The molecule has 90 valence electrons. The summed E-state index contributed by atoms with van der Waals surface area (Å²) in [6, 6.07) is 15.6. The summed E-state index contributed by atoms with van der Waals surface area (Å²) in [7, 11) is 0. The summed E-state index contributed by atoms with van der Waals surface area (Å²) in [6.45, 7) is 6.11. The van der Waals surface area contributed by atoms with Crippen LogP contribution < -0.4 is 10.9 Å². The second kappa shape index (κ2) is 5.64. The Morgan fingerprint density at radius 1 is 0.889 bits per heavy atom. The van der Waals surface area contributed by atoms with Crippen LogP contribution in [0, 0.1) is 0 Å². The minimum Gasteiger partial charge on any atom is -0.108 e. The fraction of sp³-hybridized carbons (Fsp3) is 0.0667. The van der Waals surface area contributed by atoms with E-state index in [9.17, 15) is 0 Å². The normalized spacial score (nSPS) is 10.2. The molecule has 0 unspecified atom stereocenters. The molecule has 0 aliphatic carbocycles. The van der Waals surface area contributed by atoms with Gasteiger partial charge in [0.25, 0.3) is 0 Å². The summed E-state index contributed by atoms with van der Waals surface area (Å²) >= 11 is 12.6. The highest BCUT2D eigenvalue weighted by Gasteiger charge is 2.24. The molecule has 0 aliphatic rings. The molecule has 0 nitrogen and oxygen atoms in total. The van der Waals surface area contributed by atoms with E-state index in [1.165, 1.54) is 0 Å². The second-order valence-corrected chi connectivity index (χ2v) is 5.14. The van der Waals surface area contributed by atoms with Crippen molar-refractivity contribution in [3.05, 3.63) is 70.6 Å².